The second-order valence-electron chi connectivity index (χ2n) is 7.56. The van der Waals surface area contributed by atoms with Crippen molar-refractivity contribution in [3.8, 4) is 5.75 Å². The molecule has 0 saturated carbocycles. The lowest BCUT2D eigenvalue weighted by Crippen LogP contribution is -2.47. The van der Waals surface area contributed by atoms with Crippen molar-refractivity contribution in [2.75, 3.05) is 13.2 Å². The molecular formula is C24H28N2O2S. The summed E-state index contributed by atoms with van der Waals surface area (Å²) in [5.41, 5.74) is 3.17. The van der Waals surface area contributed by atoms with Crippen LogP contribution in [0.15, 0.2) is 65.9 Å². The zero-order valence-electron chi connectivity index (χ0n) is 17.4. The Morgan fingerprint density at radius 3 is 2.45 bits per heavy atom. The molecule has 1 aliphatic rings. The highest BCUT2D eigenvalue weighted by atomic mass is 32.1. The summed E-state index contributed by atoms with van der Waals surface area (Å²) in [6.45, 7) is 9.54. The minimum atomic E-state index is -0.360. The number of hydrogen-bond donors (Lipinski definition) is 1. The molecule has 152 valence electrons. The van der Waals surface area contributed by atoms with Crippen molar-refractivity contribution in [3.05, 3.63) is 77.0 Å². The van der Waals surface area contributed by atoms with Gasteiger partial charge in [-0.25, -0.2) is 0 Å². The van der Waals surface area contributed by atoms with Crippen molar-refractivity contribution in [2.45, 2.75) is 33.7 Å². The molecule has 1 aliphatic heterocycles. The number of nitrogens with one attached hydrogen (secondary N) is 1. The number of hydrogen-bond acceptors (Lipinski definition) is 3. The Morgan fingerprint density at radius 2 is 1.79 bits per heavy atom. The third kappa shape index (κ3) is 4.51. The van der Waals surface area contributed by atoms with Crippen LogP contribution in [0.3, 0.4) is 0 Å². The van der Waals surface area contributed by atoms with Crippen LogP contribution in [0.4, 0.5) is 0 Å². The molecule has 0 saturated heterocycles. The molecule has 1 N–H and O–H groups in total. The molecule has 0 fully saturated rings. The maximum atomic E-state index is 13.5. The van der Waals surface area contributed by atoms with Gasteiger partial charge in [0.15, 0.2) is 10.9 Å². The van der Waals surface area contributed by atoms with E-state index in [0.717, 1.165) is 17.0 Å². The van der Waals surface area contributed by atoms with Gasteiger partial charge in [0.1, 0.15) is 5.75 Å². The quantitative estimate of drug-likeness (QED) is 0.508. The first-order chi connectivity index (χ1) is 13.9. The van der Waals surface area contributed by atoms with Crippen LogP contribution >= 0.6 is 12.2 Å². The second kappa shape index (κ2) is 9.23. The Morgan fingerprint density at radius 1 is 1.14 bits per heavy atom. The van der Waals surface area contributed by atoms with E-state index in [4.69, 9.17) is 17.0 Å². The summed E-state index contributed by atoms with van der Waals surface area (Å²) in [6, 6.07) is 16.9. The monoisotopic (exact) mass is 408 g/mol. The number of para-hydroxylation sites is 1. The molecule has 0 amide bonds. The van der Waals surface area contributed by atoms with E-state index in [2.05, 4.69) is 19.2 Å². The molecule has 0 aliphatic carbocycles. The number of allylic oxidation sites excluding steroid dienone is 1. The molecule has 0 radical (unpaired) electrons. The molecule has 1 unspecified atom stereocenters. The normalized spacial score (nSPS) is 16.8. The summed E-state index contributed by atoms with van der Waals surface area (Å²) in [6.07, 6.45) is 0. The van der Waals surface area contributed by atoms with Gasteiger partial charge in [0, 0.05) is 28.9 Å². The van der Waals surface area contributed by atoms with E-state index in [1.165, 1.54) is 0 Å². The SMILES string of the molecule is CCN1C(=S)NC(c2ccccc2OCC(C)C)C(C(=O)c2ccccc2)=C1C. The van der Waals surface area contributed by atoms with Crippen LogP contribution in [0.1, 0.15) is 49.7 Å². The lowest BCUT2D eigenvalue weighted by molar-refractivity contribution is 0.102. The average Bonchev–Trinajstić information content (AvgIpc) is 2.72. The van der Waals surface area contributed by atoms with Gasteiger partial charge in [-0.15, -0.1) is 0 Å². The van der Waals surface area contributed by atoms with E-state index < -0.39 is 0 Å². The van der Waals surface area contributed by atoms with E-state index in [0.29, 0.717) is 35.3 Å². The van der Waals surface area contributed by atoms with Crippen molar-refractivity contribution in [1.82, 2.24) is 10.2 Å². The Bertz CT molecular complexity index is 921. The molecule has 0 bridgehead atoms. The van der Waals surface area contributed by atoms with E-state index >= 15 is 0 Å². The summed E-state index contributed by atoms with van der Waals surface area (Å²) in [5, 5.41) is 4.01. The van der Waals surface area contributed by atoms with Gasteiger partial charge in [-0.3, -0.25) is 4.79 Å². The second-order valence-corrected chi connectivity index (χ2v) is 7.95. The average molecular weight is 409 g/mol. The van der Waals surface area contributed by atoms with Crippen molar-refractivity contribution >= 4 is 23.1 Å². The highest BCUT2D eigenvalue weighted by molar-refractivity contribution is 7.80. The van der Waals surface area contributed by atoms with Gasteiger partial charge >= 0.3 is 0 Å². The molecule has 1 heterocycles. The Balaban J connectivity index is 2.10. The van der Waals surface area contributed by atoms with Gasteiger partial charge in [-0.2, -0.15) is 0 Å². The largest absolute Gasteiger partial charge is 0.493 e. The molecule has 3 rings (SSSR count). The topological polar surface area (TPSA) is 41.6 Å². The molecule has 29 heavy (non-hydrogen) atoms. The standard InChI is InChI=1S/C24H28N2O2S/c1-5-26-17(4)21(23(27)18-11-7-6-8-12-18)22(25-24(26)29)19-13-9-10-14-20(19)28-15-16(2)3/h6-14,16,22H,5,15H2,1-4H3,(H,25,29). The summed E-state index contributed by atoms with van der Waals surface area (Å²) >= 11 is 5.61. The number of benzene rings is 2. The summed E-state index contributed by atoms with van der Waals surface area (Å²) in [5.74, 6) is 1.18. The third-order valence-electron chi connectivity index (χ3n) is 5.00. The fourth-order valence-electron chi connectivity index (χ4n) is 3.54. The molecule has 2 aromatic rings. The first-order valence-corrected chi connectivity index (χ1v) is 10.4. The van der Waals surface area contributed by atoms with Gasteiger partial charge in [0.2, 0.25) is 0 Å². The van der Waals surface area contributed by atoms with E-state index in [1.807, 2.05) is 73.3 Å². The number of thiocarbonyl (C=S) groups is 1. The number of carbonyl (C=O) groups is 1. The van der Waals surface area contributed by atoms with Gasteiger partial charge in [-0.1, -0.05) is 62.4 Å². The zero-order chi connectivity index (χ0) is 21.0. The lowest BCUT2D eigenvalue weighted by Gasteiger charge is -2.38. The fourth-order valence-corrected chi connectivity index (χ4v) is 3.93. The molecule has 0 aromatic heterocycles. The van der Waals surface area contributed by atoms with E-state index in [1.54, 1.807) is 0 Å². The Kier molecular flexibility index (Phi) is 6.70. The first-order valence-electron chi connectivity index (χ1n) is 10.0. The van der Waals surface area contributed by atoms with Crippen molar-refractivity contribution in [3.63, 3.8) is 0 Å². The highest BCUT2D eigenvalue weighted by Gasteiger charge is 2.35. The summed E-state index contributed by atoms with van der Waals surface area (Å²) in [7, 11) is 0. The molecule has 2 aromatic carbocycles. The number of Topliss-reactive ketones (excluding diaryl/α,β-unsaturated/α-hetero) is 1. The Labute approximate surface area is 178 Å². The summed E-state index contributed by atoms with van der Waals surface area (Å²) in [4.78, 5) is 15.5. The van der Waals surface area contributed by atoms with Crippen molar-refractivity contribution in [1.29, 1.82) is 0 Å². The molecule has 0 spiro atoms. The maximum absolute atomic E-state index is 13.5. The number of ketones is 1. The van der Waals surface area contributed by atoms with E-state index in [-0.39, 0.29) is 11.8 Å². The predicted octanol–water partition coefficient (Wildman–Crippen LogP) is 5.13. The number of nitrogens with zero attached hydrogens (tertiary/aromatic N) is 1. The van der Waals surface area contributed by atoms with E-state index in [9.17, 15) is 4.79 Å². The molecule has 5 heteroatoms. The van der Waals surface area contributed by atoms with Crippen LogP contribution in [0, 0.1) is 5.92 Å². The number of rotatable bonds is 7. The maximum Gasteiger partial charge on any atom is 0.193 e. The molecule has 4 nitrogen and oxygen atoms in total. The van der Waals surface area contributed by atoms with Gasteiger partial charge in [-0.05, 0) is 38.0 Å². The zero-order valence-corrected chi connectivity index (χ0v) is 18.3. The van der Waals surface area contributed by atoms with Crippen molar-refractivity contribution in [2.24, 2.45) is 5.92 Å². The minimum Gasteiger partial charge on any atom is -0.493 e. The van der Waals surface area contributed by atoms with Crippen LogP contribution < -0.4 is 10.1 Å². The number of carbonyl (C=O) groups excluding carboxylic acids is 1. The van der Waals surface area contributed by atoms with Crippen LogP contribution in [0.25, 0.3) is 0 Å². The lowest BCUT2D eigenvalue weighted by atomic mass is 9.88. The summed E-state index contributed by atoms with van der Waals surface area (Å²) < 4.78 is 6.08. The van der Waals surface area contributed by atoms with Crippen LogP contribution in [-0.2, 0) is 0 Å². The molecular weight excluding hydrogens is 380 g/mol. The smallest absolute Gasteiger partial charge is 0.193 e. The predicted molar refractivity (Wildman–Crippen MR) is 121 cm³/mol. The minimum absolute atomic E-state index is 0.000197. The van der Waals surface area contributed by atoms with Crippen LogP contribution in [-0.4, -0.2) is 28.9 Å². The van der Waals surface area contributed by atoms with Crippen LogP contribution in [0.5, 0.6) is 5.75 Å². The number of ether oxygens (including phenoxy) is 1. The van der Waals surface area contributed by atoms with Crippen LogP contribution in [0.2, 0.25) is 0 Å². The van der Waals surface area contributed by atoms with Crippen molar-refractivity contribution < 1.29 is 9.53 Å². The fraction of sp³-hybridized carbons (Fsp3) is 0.333. The Hall–Kier alpha value is -2.66. The first kappa shape index (κ1) is 21.1. The van der Waals surface area contributed by atoms with Gasteiger partial charge in [0.05, 0.1) is 12.6 Å². The van der Waals surface area contributed by atoms with Gasteiger partial charge in [0.25, 0.3) is 0 Å². The highest BCUT2D eigenvalue weighted by Crippen LogP contribution is 2.37. The third-order valence-corrected chi connectivity index (χ3v) is 5.33. The molecule has 1 atom stereocenters. The van der Waals surface area contributed by atoms with Gasteiger partial charge < -0.3 is 15.0 Å².